The Morgan fingerprint density at radius 1 is 1.28 bits per heavy atom. The fraction of sp³-hybridized carbons (Fsp3) is 0.273. The van der Waals surface area contributed by atoms with Crippen LogP contribution in [-0.2, 0) is 15.8 Å². The van der Waals surface area contributed by atoms with E-state index in [-0.39, 0.29) is 5.69 Å². The average Bonchev–Trinajstić information content (AvgIpc) is 2.17. The Hall–Kier alpha value is -1.92. The second kappa shape index (κ2) is 5.16. The van der Waals surface area contributed by atoms with Gasteiger partial charge in [0.15, 0.2) is 0 Å². The number of carbonyl (C=O) groups excluding carboxylic acids is 2. The first-order valence-electron chi connectivity index (χ1n) is 4.86. The largest absolute Gasteiger partial charge is 0.419 e. The molecule has 1 aromatic carbocycles. The molecule has 0 saturated carbocycles. The highest BCUT2D eigenvalue weighted by molar-refractivity contribution is 6.03. The van der Waals surface area contributed by atoms with E-state index in [0.29, 0.717) is 12.1 Å². The van der Waals surface area contributed by atoms with Crippen LogP contribution in [0.5, 0.6) is 0 Å². The van der Waals surface area contributed by atoms with Gasteiger partial charge in [-0.15, -0.1) is 0 Å². The molecule has 18 heavy (non-hydrogen) atoms. The maximum atomic E-state index is 12.9. The molecule has 0 unspecified atom stereocenters. The first-order chi connectivity index (χ1) is 8.20. The van der Waals surface area contributed by atoms with E-state index < -0.39 is 35.7 Å². The molecular formula is C11H9F4NO2. The summed E-state index contributed by atoms with van der Waals surface area (Å²) >= 11 is 0. The van der Waals surface area contributed by atoms with E-state index in [4.69, 9.17) is 0 Å². The quantitative estimate of drug-likeness (QED) is 0.673. The summed E-state index contributed by atoms with van der Waals surface area (Å²) in [6.45, 7) is 1.17. The molecule has 0 aromatic heterocycles. The summed E-state index contributed by atoms with van der Waals surface area (Å²) in [5.41, 5.74) is -1.68. The van der Waals surface area contributed by atoms with Crippen LogP contribution < -0.4 is 5.32 Å². The van der Waals surface area contributed by atoms with Crippen LogP contribution in [0.2, 0.25) is 0 Å². The number of hydrogen-bond acceptors (Lipinski definition) is 2. The van der Waals surface area contributed by atoms with Crippen molar-refractivity contribution in [1.29, 1.82) is 0 Å². The SMILES string of the molecule is CC(=O)CC(=O)Nc1ccc(F)c(C(F)(F)F)c1. The van der Waals surface area contributed by atoms with Gasteiger partial charge in [0.25, 0.3) is 0 Å². The molecule has 0 radical (unpaired) electrons. The maximum absolute atomic E-state index is 12.9. The monoisotopic (exact) mass is 263 g/mol. The third-order valence-corrected chi connectivity index (χ3v) is 1.97. The second-order valence-corrected chi connectivity index (χ2v) is 3.62. The number of carbonyl (C=O) groups is 2. The van der Waals surface area contributed by atoms with Gasteiger partial charge in [0.1, 0.15) is 11.6 Å². The minimum atomic E-state index is -4.84. The first-order valence-corrected chi connectivity index (χ1v) is 4.86. The van der Waals surface area contributed by atoms with Crippen LogP contribution >= 0.6 is 0 Å². The van der Waals surface area contributed by atoms with Crippen LogP contribution in [0.15, 0.2) is 18.2 Å². The zero-order valence-corrected chi connectivity index (χ0v) is 9.27. The van der Waals surface area contributed by atoms with Gasteiger partial charge >= 0.3 is 6.18 Å². The second-order valence-electron chi connectivity index (χ2n) is 3.62. The van der Waals surface area contributed by atoms with Crippen molar-refractivity contribution in [2.24, 2.45) is 0 Å². The van der Waals surface area contributed by atoms with Crippen molar-refractivity contribution >= 4 is 17.4 Å². The summed E-state index contributed by atoms with van der Waals surface area (Å²) in [6, 6.07) is 2.07. The van der Waals surface area contributed by atoms with Crippen molar-refractivity contribution in [1.82, 2.24) is 0 Å². The number of hydrogen-bond donors (Lipinski definition) is 1. The first kappa shape index (κ1) is 14.1. The zero-order chi connectivity index (χ0) is 13.9. The molecule has 0 bridgehead atoms. The maximum Gasteiger partial charge on any atom is 0.419 e. The molecule has 1 amide bonds. The van der Waals surface area contributed by atoms with Gasteiger partial charge in [0, 0.05) is 5.69 Å². The van der Waals surface area contributed by atoms with Crippen molar-refractivity contribution in [2.45, 2.75) is 19.5 Å². The Balaban J connectivity index is 2.92. The molecule has 0 fully saturated rings. The summed E-state index contributed by atoms with van der Waals surface area (Å²) in [7, 11) is 0. The molecule has 1 rings (SSSR count). The summed E-state index contributed by atoms with van der Waals surface area (Å²) in [5, 5.41) is 2.09. The molecule has 0 atom stereocenters. The molecule has 1 N–H and O–H groups in total. The predicted octanol–water partition coefficient (Wildman–Crippen LogP) is 2.76. The van der Waals surface area contributed by atoms with E-state index in [0.717, 1.165) is 6.07 Å². The zero-order valence-electron chi connectivity index (χ0n) is 9.27. The van der Waals surface area contributed by atoms with Gasteiger partial charge in [-0.1, -0.05) is 0 Å². The van der Waals surface area contributed by atoms with Crippen LogP contribution in [-0.4, -0.2) is 11.7 Å². The third kappa shape index (κ3) is 3.83. The number of benzene rings is 1. The van der Waals surface area contributed by atoms with Crippen molar-refractivity contribution in [3.63, 3.8) is 0 Å². The van der Waals surface area contributed by atoms with E-state index in [1.54, 1.807) is 0 Å². The predicted molar refractivity (Wildman–Crippen MR) is 55.3 cm³/mol. The minimum Gasteiger partial charge on any atom is -0.326 e. The molecule has 3 nitrogen and oxygen atoms in total. The summed E-state index contributed by atoms with van der Waals surface area (Å²) in [6.07, 6.45) is -5.29. The number of ketones is 1. The number of rotatable bonds is 3. The lowest BCUT2D eigenvalue weighted by Gasteiger charge is -2.10. The van der Waals surface area contributed by atoms with E-state index >= 15 is 0 Å². The third-order valence-electron chi connectivity index (χ3n) is 1.97. The number of Topliss-reactive ketones (excluding diaryl/α,β-unsaturated/α-hetero) is 1. The highest BCUT2D eigenvalue weighted by Crippen LogP contribution is 2.32. The van der Waals surface area contributed by atoms with Gasteiger partial charge in [-0.25, -0.2) is 4.39 Å². The number of anilines is 1. The van der Waals surface area contributed by atoms with E-state index in [1.807, 2.05) is 0 Å². The van der Waals surface area contributed by atoms with Crippen molar-refractivity contribution in [2.75, 3.05) is 5.32 Å². The fourth-order valence-corrected chi connectivity index (χ4v) is 1.25. The molecule has 0 spiro atoms. The molecule has 7 heteroatoms. The van der Waals surface area contributed by atoms with E-state index in [1.165, 1.54) is 6.92 Å². The standard InChI is InChI=1S/C11H9F4NO2/c1-6(17)4-10(18)16-7-2-3-9(12)8(5-7)11(13,14)15/h2-3,5H,4H2,1H3,(H,16,18). The number of alkyl halides is 3. The van der Waals surface area contributed by atoms with Gasteiger partial charge in [-0.3, -0.25) is 9.59 Å². The molecule has 0 aliphatic carbocycles. The normalized spacial score (nSPS) is 11.2. The van der Waals surface area contributed by atoms with Gasteiger partial charge < -0.3 is 5.32 Å². The van der Waals surface area contributed by atoms with Crippen LogP contribution in [0.4, 0.5) is 23.2 Å². The minimum absolute atomic E-state index is 0.213. The molecule has 1 aromatic rings. The molecule has 0 aliphatic rings. The average molecular weight is 263 g/mol. The Morgan fingerprint density at radius 3 is 2.39 bits per heavy atom. The van der Waals surface area contributed by atoms with Crippen molar-refractivity contribution < 1.29 is 27.2 Å². The highest BCUT2D eigenvalue weighted by atomic mass is 19.4. The Bertz CT molecular complexity index is 482. The Labute approximate surface area is 99.8 Å². The number of halogens is 4. The summed E-state index contributed by atoms with van der Waals surface area (Å²) in [5.74, 6) is -2.60. The van der Waals surface area contributed by atoms with Crippen LogP contribution in [0.1, 0.15) is 18.9 Å². The lowest BCUT2D eigenvalue weighted by Crippen LogP contribution is -2.16. The Kier molecular flexibility index (Phi) is 4.05. The van der Waals surface area contributed by atoms with E-state index in [2.05, 4.69) is 5.32 Å². The molecule has 0 aliphatic heterocycles. The number of nitrogens with one attached hydrogen (secondary N) is 1. The lowest BCUT2D eigenvalue weighted by molar-refractivity contribution is -0.140. The van der Waals surface area contributed by atoms with Crippen molar-refractivity contribution in [3.8, 4) is 0 Å². The van der Waals surface area contributed by atoms with Crippen molar-refractivity contribution in [3.05, 3.63) is 29.6 Å². The topological polar surface area (TPSA) is 46.2 Å². The smallest absolute Gasteiger partial charge is 0.326 e. The summed E-state index contributed by atoms with van der Waals surface area (Å²) in [4.78, 5) is 21.8. The lowest BCUT2D eigenvalue weighted by atomic mass is 10.1. The van der Waals surface area contributed by atoms with Gasteiger partial charge in [0.2, 0.25) is 5.91 Å². The highest BCUT2D eigenvalue weighted by Gasteiger charge is 2.34. The van der Waals surface area contributed by atoms with Gasteiger partial charge in [-0.2, -0.15) is 13.2 Å². The molecule has 0 heterocycles. The fourth-order valence-electron chi connectivity index (χ4n) is 1.25. The summed E-state index contributed by atoms with van der Waals surface area (Å²) < 4.78 is 50.0. The van der Waals surface area contributed by atoms with Crippen LogP contribution in [0.3, 0.4) is 0 Å². The number of amides is 1. The van der Waals surface area contributed by atoms with Gasteiger partial charge in [0.05, 0.1) is 12.0 Å². The molecular weight excluding hydrogens is 254 g/mol. The molecule has 98 valence electrons. The van der Waals surface area contributed by atoms with E-state index in [9.17, 15) is 27.2 Å². The van der Waals surface area contributed by atoms with Crippen LogP contribution in [0, 0.1) is 5.82 Å². The van der Waals surface area contributed by atoms with Gasteiger partial charge in [-0.05, 0) is 25.1 Å². The Morgan fingerprint density at radius 2 is 1.89 bits per heavy atom. The molecule has 0 saturated heterocycles. The van der Waals surface area contributed by atoms with Crippen LogP contribution in [0.25, 0.3) is 0 Å².